The number of Topliss-reactive ketones (excluding diaryl/α,β-unsaturated/α-hetero) is 1. The van der Waals surface area contributed by atoms with E-state index < -0.39 is 5.97 Å². The van der Waals surface area contributed by atoms with Crippen LogP contribution >= 0.6 is 0 Å². The van der Waals surface area contributed by atoms with Gasteiger partial charge in [-0.05, 0) is 58.9 Å². The molecule has 0 aliphatic rings. The third-order valence-corrected chi connectivity index (χ3v) is 5.63. The fourth-order valence-electron chi connectivity index (χ4n) is 4.16. The van der Waals surface area contributed by atoms with Crippen molar-refractivity contribution in [2.75, 3.05) is 20.3 Å². The van der Waals surface area contributed by atoms with Gasteiger partial charge in [-0.2, -0.15) is 0 Å². The van der Waals surface area contributed by atoms with E-state index in [4.69, 9.17) is 9.47 Å². The summed E-state index contributed by atoms with van der Waals surface area (Å²) in [6.07, 6.45) is 0. The molecule has 2 heterocycles. The summed E-state index contributed by atoms with van der Waals surface area (Å²) in [7, 11) is 1.64. The highest BCUT2D eigenvalue weighted by Gasteiger charge is 2.20. The number of ether oxygens (including phenoxy) is 2. The van der Waals surface area contributed by atoms with E-state index in [1.807, 2.05) is 38.3 Å². The Labute approximate surface area is 186 Å². The molecule has 8 nitrogen and oxygen atoms in total. The van der Waals surface area contributed by atoms with Gasteiger partial charge in [0.1, 0.15) is 5.69 Å². The van der Waals surface area contributed by atoms with Gasteiger partial charge in [-0.3, -0.25) is 9.59 Å². The number of ketones is 1. The number of hydrogen-bond acceptors (Lipinski definition) is 6. The number of aryl methyl sites for hydroxylation is 3. The van der Waals surface area contributed by atoms with E-state index in [1.165, 1.54) is 0 Å². The zero-order valence-corrected chi connectivity index (χ0v) is 19.4. The quantitative estimate of drug-likeness (QED) is 0.395. The lowest BCUT2D eigenvalue weighted by Crippen LogP contribution is -2.23. The Balaban J connectivity index is 1.78. The summed E-state index contributed by atoms with van der Waals surface area (Å²) in [5.41, 5.74) is 3.94. The second-order valence-corrected chi connectivity index (χ2v) is 7.91. The van der Waals surface area contributed by atoms with Crippen molar-refractivity contribution < 1.29 is 19.1 Å². The molecule has 1 unspecified atom stereocenters. The highest BCUT2D eigenvalue weighted by molar-refractivity contribution is 6.01. The number of benzene rings is 1. The molecule has 0 radical (unpaired) electrons. The topological polar surface area (TPSA) is 92.4 Å². The number of hydrogen-bond donors (Lipinski definition) is 0. The number of carbonyl (C=O) groups excluding carboxylic acids is 2. The minimum atomic E-state index is -0.615. The molecule has 0 saturated carbocycles. The lowest BCUT2D eigenvalue weighted by atomic mass is 10.1. The molecule has 0 aliphatic heterocycles. The van der Waals surface area contributed by atoms with E-state index in [0.29, 0.717) is 35.4 Å². The molecule has 170 valence electrons. The predicted octanol–water partition coefficient (Wildman–Crippen LogP) is 3.39. The summed E-state index contributed by atoms with van der Waals surface area (Å²) in [5.74, 6) is -0.882. The number of methoxy groups -OCH3 is 1. The number of esters is 1. The van der Waals surface area contributed by atoms with Gasteiger partial charge in [0.05, 0.1) is 29.2 Å². The van der Waals surface area contributed by atoms with Gasteiger partial charge in [-0.15, -0.1) is 0 Å². The van der Waals surface area contributed by atoms with Gasteiger partial charge in [0.2, 0.25) is 5.78 Å². The maximum absolute atomic E-state index is 12.8. The largest absolute Gasteiger partial charge is 0.454 e. The minimum absolute atomic E-state index is 0.0816. The smallest absolute Gasteiger partial charge is 0.338 e. The molecule has 0 amide bonds. The summed E-state index contributed by atoms with van der Waals surface area (Å²) >= 11 is 0. The molecule has 0 bridgehead atoms. The molecule has 0 spiro atoms. The van der Waals surface area contributed by atoms with Gasteiger partial charge < -0.3 is 18.6 Å². The maximum Gasteiger partial charge on any atom is 0.338 e. The van der Waals surface area contributed by atoms with E-state index in [1.54, 1.807) is 36.8 Å². The van der Waals surface area contributed by atoms with Crippen molar-refractivity contribution in [3.63, 3.8) is 0 Å². The van der Waals surface area contributed by atoms with Crippen molar-refractivity contribution in [3.8, 4) is 0 Å². The lowest BCUT2D eigenvalue weighted by molar-refractivity contribution is 0.0474. The van der Waals surface area contributed by atoms with Crippen LogP contribution < -0.4 is 5.56 Å². The first-order valence-corrected chi connectivity index (χ1v) is 10.6. The second-order valence-electron chi connectivity index (χ2n) is 7.91. The Morgan fingerprint density at radius 3 is 2.53 bits per heavy atom. The van der Waals surface area contributed by atoms with Crippen molar-refractivity contribution in [2.24, 2.45) is 0 Å². The second kappa shape index (κ2) is 9.48. The van der Waals surface area contributed by atoms with Crippen LogP contribution in [0.15, 0.2) is 29.1 Å². The minimum Gasteiger partial charge on any atom is -0.454 e. The van der Waals surface area contributed by atoms with Gasteiger partial charge in [0.25, 0.3) is 5.56 Å². The van der Waals surface area contributed by atoms with E-state index in [0.717, 1.165) is 11.4 Å². The van der Waals surface area contributed by atoms with Gasteiger partial charge >= 0.3 is 5.97 Å². The van der Waals surface area contributed by atoms with Crippen LogP contribution in [0.25, 0.3) is 11.0 Å². The lowest BCUT2D eigenvalue weighted by Gasteiger charge is -2.17. The molecule has 1 atom stereocenters. The molecular formula is C24H29N3O5. The molecule has 0 aliphatic carbocycles. The number of carbonyl (C=O) groups is 2. The summed E-state index contributed by atoms with van der Waals surface area (Å²) in [4.78, 5) is 41.9. The van der Waals surface area contributed by atoms with Crippen LogP contribution in [0.5, 0.6) is 0 Å². The Morgan fingerprint density at radius 1 is 1.16 bits per heavy atom. The van der Waals surface area contributed by atoms with E-state index in [-0.39, 0.29) is 29.6 Å². The van der Waals surface area contributed by atoms with Crippen LogP contribution in [0.3, 0.4) is 0 Å². The molecule has 3 rings (SSSR count). The summed E-state index contributed by atoms with van der Waals surface area (Å²) < 4.78 is 14.2. The number of rotatable bonds is 8. The van der Waals surface area contributed by atoms with E-state index in [9.17, 15) is 14.4 Å². The maximum atomic E-state index is 12.8. The Hall–Kier alpha value is -3.26. The molecule has 3 aromatic rings. The predicted molar refractivity (Wildman–Crippen MR) is 122 cm³/mol. The van der Waals surface area contributed by atoms with Gasteiger partial charge in [-0.25, -0.2) is 9.78 Å². The average molecular weight is 440 g/mol. The molecule has 0 saturated heterocycles. The third-order valence-electron chi connectivity index (χ3n) is 5.63. The zero-order valence-electron chi connectivity index (χ0n) is 19.4. The molecule has 8 heteroatoms. The SMILES string of the molecule is CCn1c(=O)c(C)nc2cc(C(=O)OCC(=O)c3cc(C)n(C(C)COC)c3C)ccc21. The summed E-state index contributed by atoms with van der Waals surface area (Å²) in [6, 6.07) is 6.73. The van der Waals surface area contributed by atoms with E-state index in [2.05, 4.69) is 4.98 Å². The first-order valence-electron chi connectivity index (χ1n) is 10.6. The van der Waals surface area contributed by atoms with Crippen LogP contribution in [-0.2, 0) is 16.0 Å². The van der Waals surface area contributed by atoms with Gasteiger partial charge in [0, 0.05) is 30.6 Å². The van der Waals surface area contributed by atoms with Crippen LogP contribution in [-0.4, -0.2) is 46.2 Å². The monoisotopic (exact) mass is 439 g/mol. The Morgan fingerprint density at radius 2 is 1.88 bits per heavy atom. The summed E-state index contributed by atoms with van der Waals surface area (Å²) in [6.45, 7) is 10.0. The molecule has 0 fully saturated rings. The van der Waals surface area contributed by atoms with Gasteiger partial charge in [0.15, 0.2) is 6.61 Å². The third kappa shape index (κ3) is 4.36. The fraction of sp³-hybridized carbons (Fsp3) is 0.417. The highest BCUT2D eigenvalue weighted by atomic mass is 16.5. The highest BCUT2D eigenvalue weighted by Crippen LogP contribution is 2.21. The van der Waals surface area contributed by atoms with Crippen molar-refractivity contribution in [3.05, 3.63) is 62.8 Å². The van der Waals surface area contributed by atoms with Crippen molar-refractivity contribution in [2.45, 2.75) is 47.2 Å². The average Bonchev–Trinajstić information content (AvgIpc) is 3.06. The Bertz CT molecular complexity index is 1240. The molecular weight excluding hydrogens is 410 g/mol. The summed E-state index contributed by atoms with van der Waals surface area (Å²) in [5, 5.41) is 0. The molecule has 0 N–H and O–H groups in total. The van der Waals surface area contributed by atoms with Crippen molar-refractivity contribution in [1.82, 2.24) is 14.1 Å². The number of aromatic nitrogens is 3. The standard InChI is InChI=1S/C24H29N3O5/c1-7-26-21-9-8-18(11-20(21)25-16(4)23(26)29)24(30)32-13-22(28)19-10-14(2)27(17(19)5)15(3)12-31-6/h8-11,15H,7,12-13H2,1-6H3. The van der Waals surface area contributed by atoms with Gasteiger partial charge in [-0.1, -0.05) is 0 Å². The fourth-order valence-corrected chi connectivity index (χ4v) is 4.16. The Kier molecular flexibility index (Phi) is 6.93. The van der Waals surface area contributed by atoms with Crippen LogP contribution in [0.4, 0.5) is 0 Å². The number of nitrogens with zero attached hydrogens (tertiary/aromatic N) is 3. The molecule has 2 aromatic heterocycles. The van der Waals surface area contributed by atoms with Crippen molar-refractivity contribution >= 4 is 22.8 Å². The zero-order chi connectivity index (χ0) is 23.6. The van der Waals surface area contributed by atoms with Crippen LogP contribution in [0.2, 0.25) is 0 Å². The first-order chi connectivity index (χ1) is 15.2. The molecule has 1 aromatic carbocycles. The van der Waals surface area contributed by atoms with Crippen molar-refractivity contribution in [1.29, 1.82) is 0 Å². The van der Waals surface area contributed by atoms with Crippen LogP contribution in [0.1, 0.15) is 57.7 Å². The normalized spacial score (nSPS) is 12.2. The van der Waals surface area contributed by atoms with E-state index >= 15 is 0 Å². The first kappa shape index (κ1) is 23.4. The van der Waals surface area contributed by atoms with Crippen LogP contribution in [0, 0.1) is 20.8 Å². The molecule has 32 heavy (non-hydrogen) atoms. The number of fused-ring (bicyclic) bond motifs is 1.